The third-order valence-corrected chi connectivity index (χ3v) is 3.93. The highest BCUT2D eigenvalue weighted by Crippen LogP contribution is 2.15. The average molecular weight is 269 g/mol. The number of hydrogen-bond donors (Lipinski definition) is 2. The highest BCUT2D eigenvalue weighted by Gasteiger charge is 2.29. The van der Waals surface area contributed by atoms with E-state index in [0.29, 0.717) is 25.9 Å². The third-order valence-electron chi connectivity index (χ3n) is 3.93. The van der Waals surface area contributed by atoms with Gasteiger partial charge in [0, 0.05) is 39.1 Å². The van der Waals surface area contributed by atoms with Crippen LogP contribution in [0.5, 0.6) is 0 Å². The molecule has 2 rings (SSSR count). The van der Waals surface area contributed by atoms with Gasteiger partial charge < -0.3 is 15.3 Å². The van der Waals surface area contributed by atoms with E-state index < -0.39 is 0 Å². The molecule has 1 atom stereocenters. The monoisotopic (exact) mass is 269 g/mol. The molecular weight excluding hydrogens is 246 g/mol. The largest absolute Gasteiger partial charge is 0.395 e. The van der Waals surface area contributed by atoms with Crippen LogP contribution >= 0.6 is 0 Å². The normalized spacial score (nSPS) is 25.8. The van der Waals surface area contributed by atoms with Crippen LogP contribution in [-0.2, 0) is 9.59 Å². The van der Waals surface area contributed by atoms with Crippen molar-refractivity contribution < 1.29 is 14.7 Å². The topological polar surface area (TPSA) is 72.9 Å². The maximum atomic E-state index is 12.4. The predicted octanol–water partition coefficient (Wildman–Crippen LogP) is -0.961. The number of piperidine rings is 1. The van der Waals surface area contributed by atoms with Crippen molar-refractivity contribution in [3.8, 4) is 0 Å². The summed E-state index contributed by atoms with van der Waals surface area (Å²) >= 11 is 0. The molecule has 6 nitrogen and oxygen atoms in total. The Morgan fingerprint density at radius 2 is 2.16 bits per heavy atom. The van der Waals surface area contributed by atoms with Gasteiger partial charge in [-0.3, -0.25) is 14.5 Å². The Balaban J connectivity index is 1.84. The number of aliphatic hydroxyl groups is 1. The fraction of sp³-hybridized carbons (Fsp3) is 0.846. The quantitative estimate of drug-likeness (QED) is 0.692. The summed E-state index contributed by atoms with van der Waals surface area (Å²) in [6.07, 6.45) is 2.08. The zero-order chi connectivity index (χ0) is 13.7. The summed E-state index contributed by atoms with van der Waals surface area (Å²) in [5, 5.41) is 11.7. The van der Waals surface area contributed by atoms with Crippen LogP contribution in [-0.4, -0.2) is 72.6 Å². The Morgan fingerprint density at radius 3 is 2.84 bits per heavy atom. The smallest absolute Gasteiger partial charge is 0.227 e. The molecule has 2 aliphatic heterocycles. The zero-order valence-electron chi connectivity index (χ0n) is 11.3. The van der Waals surface area contributed by atoms with E-state index in [1.807, 2.05) is 4.90 Å². The van der Waals surface area contributed by atoms with Crippen molar-refractivity contribution in [3.63, 3.8) is 0 Å². The van der Waals surface area contributed by atoms with Crippen LogP contribution in [0, 0.1) is 5.92 Å². The van der Waals surface area contributed by atoms with Crippen molar-refractivity contribution in [1.29, 1.82) is 0 Å². The number of nitrogens with zero attached hydrogens (tertiary/aromatic N) is 2. The highest BCUT2D eigenvalue weighted by atomic mass is 16.3. The van der Waals surface area contributed by atoms with E-state index in [1.165, 1.54) is 0 Å². The van der Waals surface area contributed by atoms with Crippen LogP contribution < -0.4 is 5.32 Å². The van der Waals surface area contributed by atoms with Crippen LogP contribution in [0.2, 0.25) is 0 Å². The van der Waals surface area contributed by atoms with Gasteiger partial charge in [0.15, 0.2) is 0 Å². The summed E-state index contributed by atoms with van der Waals surface area (Å²) in [6.45, 7) is 4.60. The maximum Gasteiger partial charge on any atom is 0.227 e. The van der Waals surface area contributed by atoms with Crippen LogP contribution in [0.1, 0.15) is 19.3 Å². The molecule has 0 saturated carbocycles. The van der Waals surface area contributed by atoms with E-state index in [1.54, 1.807) is 0 Å². The molecule has 2 amide bonds. The number of carbonyl (C=O) groups excluding carboxylic acids is 2. The summed E-state index contributed by atoms with van der Waals surface area (Å²) in [4.78, 5) is 27.6. The van der Waals surface area contributed by atoms with Crippen molar-refractivity contribution >= 4 is 11.8 Å². The molecule has 0 aromatic rings. The molecular formula is C13H23N3O3. The predicted molar refractivity (Wildman–Crippen MR) is 70.5 cm³/mol. The first-order chi connectivity index (χ1) is 9.20. The van der Waals surface area contributed by atoms with Crippen molar-refractivity contribution in [2.24, 2.45) is 5.92 Å². The van der Waals surface area contributed by atoms with E-state index in [0.717, 1.165) is 32.6 Å². The molecule has 1 unspecified atom stereocenters. The average Bonchev–Trinajstić information content (AvgIpc) is 2.65. The molecule has 0 spiro atoms. The van der Waals surface area contributed by atoms with Crippen LogP contribution in [0.4, 0.5) is 0 Å². The summed E-state index contributed by atoms with van der Waals surface area (Å²) in [5.74, 6) is 0.168. The van der Waals surface area contributed by atoms with Gasteiger partial charge in [0.05, 0.1) is 12.5 Å². The molecule has 0 radical (unpaired) electrons. The molecule has 2 saturated heterocycles. The molecule has 0 bridgehead atoms. The summed E-state index contributed by atoms with van der Waals surface area (Å²) in [6, 6.07) is 0. The van der Waals surface area contributed by atoms with E-state index in [-0.39, 0.29) is 24.3 Å². The van der Waals surface area contributed by atoms with Gasteiger partial charge in [0.25, 0.3) is 0 Å². The first-order valence-corrected chi connectivity index (χ1v) is 7.09. The minimum Gasteiger partial charge on any atom is -0.395 e. The van der Waals surface area contributed by atoms with Crippen LogP contribution in [0.3, 0.4) is 0 Å². The fourth-order valence-electron chi connectivity index (χ4n) is 2.76. The second-order valence-electron chi connectivity index (χ2n) is 5.28. The summed E-state index contributed by atoms with van der Waals surface area (Å²) < 4.78 is 0. The summed E-state index contributed by atoms with van der Waals surface area (Å²) in [7, 11) is 0. The summed E-state index contributed by atoms with van der Waals surface area (Å²) in [5.41, 5.74) is 0. The van der Waals surface area contributed by atoms with Gasteiger partial charge in [0.2, 0.25) is 11.8 Å². The second-order valence-corrected chi connectivity index (χ2v) is 5.28. The van der Waals surface area contributed by atoms with Crippen molar-refractivity contribution in [2.75, 3.05) is 45.9 Å². The number of rotatable bonds is 3. The highest BCUT2D eigenvalue weighted by molar-refractivity contribution is 5.83. The lowest BCUT2D eigenvalue weighted by molar-refractivity contribution is -0.137. The molecule has 2 heterocycles. The van der Waals surface area contributed by atoms with Gasteiger partial charge in [-0.05, 0) is 19.4 Å². The molecule has 0 aromatic heterocycles. The lowest BCUT2D eigenvalue weighted by atomic mass is 9.97. The lowest BCUT2D eigenvalue weighted by Gasteiger charge is -2.28. The van der Waals surface area contributed by atoms with Crippen LogP contribution in [0.25, 0.3) is 0 Å². The molecule has 2 N–H and O–H groups in total. The first kappa shape index (κ1) is 14.3. The maximum absolute atomic E-state index is 12.4. The number of carbonyl (C=O) groups is 2. The van der Waals surface area contributed by atoms with Crippen molar-refractivity contribution in [3.05, 3.63) is 0 Å². The number of β-amino-alcohol motifs (C(OH)–C–C–N with tert-alkyl or cyclic N) is 1. The van der Waals surface area contributed by atoms with Gasteiger partial charge >= 0.3 is 0 Å². The second kappa shape index (κ2) is 6.86. The van der Waals surface area contributed by atoms with Crippen LogP contribution in [0.15, 0.2) is 0 Å². The van der Waals surface area contributed by atoms with E-state index in [9.17, 15) is 9.59 Å². The molecule has 19 heavy (non-hydrogen) atoms. The number of amides is 2. The SMILES string of the molecule is O=C1CCC(C(=O)N2CCCN(CCO)CC2)CN1. The molecule has 0 aromatic carbocycles. The lowest BCUT2D eigenvalue weighted by Crippen LogP contribution is -2.46. The Morgan fingerprint density at radius 1 is 1.32 bits per heavy atom. The van der Waals surface area contributed by atoms with Crippen molar-refractivity contribution in [2.45, 2.75) is 19.3 Å². The molecule has 0 aliphatic carbocycles. The van der Waals surface area contributed by atoms with Gasteiger partial charge in [-0.15, -0.1) is 0 Å². The number of nitrogens with one attached hydrogen (secondary N) is 1. The van der Waals surface area contributed by atoms with Gasteiger partial charge in [-0.25, -0.2) is 0 Å². The van der Waals surface area contributed by atoms with E-state index >= 15 is 0 Å². The Hall–Kier alpha value is -1.14. The third kappa shape index (κ3) is 3.91. The molecule has 108 valence electrons. The van der Waals surface area contributed by atoms with E-state index in [4.69, 9.17) is 5.11 Å². The molecule has 2 fully saturated rings. The minimum absolute atomic E-state index is 0.0500. The van der Waals surface area contributed by atoms with Gasteiger partial charge in [-0.1, -0.05) is 0 Å². The fourth-order valence-corrected chi connectivity index (χ4v) is 2.76. The zero-order valence-corrected chi connectivity index (χ0v) is 11.3. The van der Waals surface area contributed by atoms with E-state index in [2.05, 4.69) is 10.2 Å². The Labute approximate surface area is 113 Å². The Kier molecular flexibility index (Phi) is 5.15. The minimum atomic E-state index is -0.0536. The standard InChI is InChI=1S/C13H23N3O3/c17-9-8-15-4-1-5-16(7-6-15)13(19)11-2-3-12(18)14-10-11/h11,17H,1-10H2,(H,14,18). The molecule has 2 aliphatic rings. The van der Waals surface area contributed by atoms with Gasteiger partial charge in [-0.2, -0.15) is 0 Å². The number of aliphatic hydroxyl groups excluding tert-OH is 1. The number of hydrogen-bond acceptors (Lipinski definition) is 4. The van der Waals surface area contributed by atoms with Crippen molar-refractivity contribution in [1.82, 2.24) is 15.1 Å². The van der Waals surface area contributed by atoms with Gasteiger partial charge in [0.1, 0.15) is 0 Å². The molecule has 6 heteroatoms. The Bertz CT molecular complexity index is 325. The first-order valence-electron chi connectivity index (χ1n) is 7.09.